The number of benzene rings is 3. The number of carbonyl (C=O) groups is 2. The number of methoxy groups -OCH3 is 1. The Balaban J connectivity index is 1.47. The van der Waals surface area contributed by atoms with Crippen molar-refractivity contribution in [1.82, 2.24) is 10.4 Å². The van der Waals surface area contributed by atoms with Gasteiger partial charge in [-0.05, 0) is 53.6 Å². The highest BCUT2D eigenvalue weighted by Gasteiger charge is 2.38. The van der Waals surface area contributed by atoms with E-state index in [2.05, 4.69) is 23.6 Å². The molecule has 2 aliphatic rings. The van der Waals surface area contributed by atoms with Crippen LogP contribution in [0.15, 0.2) is 84.9 Å². The minimum atomic E-state index is -0.507. The molecule has 3 aromatic rings. The molecule has 1 N–H and O–H groups in total. The highest BCUT2D eigenvalue weighted by molar-refractivity contribution is 6.52. The van der Waals surface area contributed by atoms with Crippen molar-refractivity contribution in [2.24, 2.45) is 0 Å². The number of hydrazine groups is 1. The van der Waals surface area contributed by atoms with Crippen molar-refractivity contribution in [1.29, 1.82) is 0 Å². The van der Waals surface area contributed by atoms with E-state index in [4.69, 9.17) is 4.74 Å². The number of rotatable bonds is 5. The Bertz CT molecular complexity index is 1170. The molecule has 0 aromatic heterocycles. The summed E-state index contributed by atoms with van der Waals surface area (Å²) in [6, 6.07) is 24.9. The molecule has 5 rings (SSSR count). The molecule has 2 heterocycles. The normalized spacial score (nSPS) is 18.0. The second-order valence-corrected chi connectivity index (χ2v) is 7.47. The van der Waals surface area contributed by atoms with Crippen LogP contribution < -0.4 is 15.1 Å². The third kappa shape index (κ3) is 3.37. The summed E-state index contributed by atoms with van der Waals surface area (Å²) < 4.78 is 5.26. The van der Waals surface area contributed by atoms with Crippen molar-refractivity contribution in [2.75, 3.05) is 18.7 Å². The Labute approximate surface area is 180 Å². The van der Waals surface area contributed by atoms with E-state index in [1.165, 1.54) is 4.90 Å². The van der Waals surface area contributed by atoms with Crippen molar-refractivity contribution >= 4 is 23.1 Å². The summed E-state index contributed by atoms with van der Waals surface area (Å²) in [7, 11) is 1.64. The van der Waals surface area contributed by atoms with Crippen LogP contribution in [0.2, 0.25) is 0 Å². The fraction of sp³-hybridized carbons (Fsp3) is 0.120. The number of Topliss-reactive ketones (excluding diaryl/α,β-unsaturated/α-hetero) is 1. The summed E-state index contributed by atoms with van der Waals surface area (Å²) in [6.07, 6.45) is 2.13. The molecule has 0 aliphatic carbocycles. The number of ether oxygens (including phenoxy) is 1. The van der Waals surface area contributed by atoms with E-state index in [0.29, 0.717) is 11.3 Å². The minimum Gasteiger partial charge on any atom is -0.497 e. The quantitative estimate of drug-likeness (QED) is 0.648. The molecule has 0 radical (unpaired) electrons. The average Bonchev–Trinajstić information content (AvgIpc) is 3.35. The lowest BCUT2D eigenvalue weighted by atomic mass is 10.0. The first-order valence-corrected chi connectivity index (χ1v) is 10.1. The van der Waals surface area contributed by atoms with Gasteiger partial charge in [-0.2, -0.15) is 5.01 Å². The summed E-state index contributed by atoms with van der Waals surface area (Å²) in [5.41, 5.74) is 7.56. The van der Waals surface area contributed by atoms with Gasteiger partial charge in [-0.25, -0.2) is 0 Å². The molecule has 0 unspecified atom stereocenters. The average molecular weight is 411 g/mol. The molecule has 1 amide bonds. The molecular formula is C25H21N3O3. The zero-order valence-electron chi connectivity index (χ0n) is 17.0. The largest absolute Gasteiger partial charge is 0.497 e. The first-order valence-electron chi connectivity index (χ1n) is 10.1. The number of fused-ring (bicyclic) bond motifs is 1. The minimum absolute atomic E-state index is 0.103. The monoisotopic (exact) mass is 411 g/mol. The second-order valence-electron chi connectivity index (χ2n) is 7.47. The molecule has 31 heavy (non-hydrogen) atoms. The fourth-order valence-corrected chi connectivity index (χ4v) is 4.03. The third-order valence-electron chi connectivity index (χ3n) is 5.64. The van der Waals surface area contributed by atoms with E-state index >= 15 is 0 Å². The van der Waals surface area contributed by atoms with Crippen molar-refractivity contribution < 1.29 is 14.3 Å². The molecule has 6 heteroatoms. The lowest BCUT2D eigenvalue weighted by molar-refractivity contribution is -0.114. The summed E-state index contributed by atoms with van der Waals surface area (Å²) in [6.45, 7) is 0.233. The molecular weight excluding hydrogens is 390 g/mol. The highest BCUT2D eigenvalue weighted by Crippen LogP contribution is 2.34. The maximum absolute atomic E-state index is 12.7. The Hall–Kier alpha value is -3.90. The SMILES string of the molecule is COc1ccc(C2=C[C@H](c3ccccc3)N(CN3C(=O)C(=O)c4ccccc43)N2)cc1. The lowest BCUT2D eigenvalue weighted by Crippen LogP contribution is -2.45. The Morgan fingerprint density at radius 1 is 0.903 bits per heavy atom. The summed E-state index contributed by atoms with van der Waals surface area (Å²) in [5.74, 6) is -0.182. The predicted molar refractivity (Wildman–Crippen MR) is 118 cm³/mol. The van der Waals surface area contributed by atoms with Crippen LogP contribution in [0.25, 0.3) is 5.70 Å². The van der Waals surface area contributed by atoms with E-state index in [9.17, 15) is 9.59 Å². The van der Waals surface area contributed by atoms with Gasteiger partial charge in [0.05, 0.1) is 36.8 Å². The van der Waals surface area contributed by atoms with Gasteiger partial charge in [0, 0.05) is 0 Å². The molecule has 0 fully saturated rings. The lowest BCUT2D eigenvalue weighted by Gasteiger charge is -2.30. The van der Waals surface area contributed by atoms with Gasteiger partial charge in [0.25, 0.3) is 5.78 Å². The Morgan fingerprint density at radius 3 is 2.35 bits per heavy atom. The molecule has 6 nitrogen and oxygen atoms in total. The van der Waals surface area contributed by atoms with Crippen molar-refractivity contribution in [3.05, 3.63) is 102 Å². The smallest absolute Gasteiger partial charge is 0.300 e. The van der Waals surface area contributed by atoms with Gasteiger partial charge in [-0.1, -0.05) is 42.5 Å². The van der Waals surface area contributed by atoms with Gasteiger partial charge < -0.3 is 10.2 Å². The highest BCUT2D eigenvalue weighted by atomic mass is 16.5. The molecule has 2 aliphatic heterocycles. The van der Waals surface area contributed by atoms with Crippen LogP contribution in [-0.2, 0) is 4.79 Å². The fourth-order valence-electron chi connectivity index (χ4n) is 4.03. The number of hydrogen-bond acceptors (Lipinski definition) is 5. The number of hydrogen-bond donors (Lipinski definition) is 1. The van der Waals surface area contributed by atoms with Gasteiger partial charge in [0.1, 0.15) is 5.75 Å². The van der Waals surface area contributed by atoms with Crippen molar-refractivity contribution in [3.63, 3.8) is 0 Å². The van der Waals surface area contributed by atoms with Crippen LogP contribution in [-0.4, -0.2) is 30.5 Å². The van der Waals surface area contributed by atoms with Gasteiger partial charge >= 0.3 is 5.91 Å². The van der Waals surface area contributed by atoms with E-state index in [0.717, 1.165) is 22.6 Å². The maximum atomic E-state index is 12.7. The molecule has 0 saturated heterocycles. The summed E-state index contributed by atoms with van der Waals surface area (Å²) in [5, 5.41) is 1.97. The van der Waals surface area contributed by atoms with Crippen LogP contribution in [0.4, 0.5) is 5.69 Å². The number of nitrogens with one attached hydrogen (secondary N) is 1. The number of amides is 1. The van der Waals surface area contributed by atoms with E-state index in [1.54, 1.807) is 19.2 Å². The first kappa shape index (κ1) is 19.1. The number of nitrogens with zero attached hydrogens (tertiary/aromatic N) is 2. The number of anilines is 1. The summed E-state index contributed by atoms with van der Waals surface area (Å²) in [4.78, 5) is 26.7. The molecule has 0 bridgehead atoms. The molecule has 0 saturated carbocycles. The summed E-state index contributed by atoms with van der Waals surface area (Å²) >= 11 is 0. The zero-order valence-corrected chi connectivity index (χ0v) is 17.0. The first-order chi connectivity index (χ1) is 15.2. The zero-order chi connectivity index (χ0) is 21.4. The van der Waals surface area contributed by atoms with Crippen molar-refractivity contribution in [3.8, 4) is 5.75 Å². The Morgan fingerprint density at radius 2 is 1.61 bits per heavy atom. The van der Waals surface area contributed by atoms with Gasteiger partial charge in [-0.15, -0.1) is 0 Å². The van der Waals surface area contributed by atoms with E-state index in [1.807, 2.05) is 59.6 Å². The topological polar surface area (TPSA) is 61.9 Å². The number of para-hydroxylation sites is 1. The molecule has 3 aromatic carbocycles. The van der Waals surface area contributed by atoms with Crippen molar-refractivity contribution in [2.45, 2.75) is 6.04 Å². The second kappa shape index (κ2) is 7.74. The predicted octanol–water partition coefficient (Wildman–Crippen LogP) is 3.78. The van der Waals surface area contributed by atoms with Crippen LogP contribution in [0.1, 0.15) is 27.5 Å². The Kier molecular flexibility index (Phi) is 4.76. The standard InChI is InChI=1S/C25H21N3O3/c1-31-19-13-11-17(12-14-19)21-15-23(18-7-3-2-4-8-18)28(26-21)16-27-22-10-6-5-9-20(22)24(29)25(27)30/h2-15,23,26H,16H2,1H3/t23-/m1/s1. The number of carbonyl (C=O) groups excluding carboxylic acids is 2. The van der Waals surface area contributed by atoms with E-state index in [-0.39, 0.29) is 12.7 Å². The van der Waals surface area contributed by atoms with Gasteiger partial charge in [0.15, 0.2) is 0 Å². The molecule has 154 valence electrons. The van der Waals surface area contributed by atoms with Crippen LogP contribution in [0.3, 0.4) is 0 Å². The number of ketones is 1. The van der Waals surface area contributed by atoms with Crippen LogP contribution in [0, 0.1) is 0 Å². The van der Waals surface area contributed by atoms with Crippen LogP contribution >= 0.6 is 0 Å². The van der Waals surface area contributed by atoms with Crippen LogP contribution in [0.5, 0.6) is 5.75 Å². The van der Waals surface area contributed by atoms with E-state index < -0.39 is 11.7 Å². The van der Waals surface area contributed by atoms with Gasteiger partial charge in [-0.3, -0.25) is 14.5 Å². The van der Waals surface area contributed by atoms with Gasteiger partial charge in [0.2, 0.25) is 0 Å². The maximum Gasteiger partial charge on any atom is 0.300 e. The molecule has 0 spiro atoms. The molecule has 1 atom stereocenters. The third-order valence-corrected chi connectivity index (χ3v) is 5.64.